The number of hydrogen-bond donors (Lipinski definition) is 2. The minimum absolute atomic E-state index is 0.783. The molecule has 2 aromatic rings. The minimum Gasteiger partial charge on any atom is -0.398 e. The van der Waals surface area contributed by atoms with Gasteiger partial charge in [-0.05, 0) is 35.6 Å². The van der Waals surface area contributed by atoms with Crippen LogP contribution in [0.25, 0.3) is 11.1 Å². The quantitative estimate of drug-likeness (QED) is 0.805. The zero-order valence-electron chi connectivity index (χ0n) is 11.0. The fraction of sp³-hybridized carbons (Fsp3) is 0.250. The van der Waals surface area contributed by atoms with Crippen LogP contribution in [0.4, 0.5) is 11.4 Å². The van der Waals surface area contributed by atoms with Gasteiger partial charge in [-0.1, -0.05) is 44.2 Å². The molecule has 0 saturated heterocycles. The average Bonchev–Trinajstić information content (AvgIpc) is 2.39. The average molecular weight is 240 g/mol. The lowest BCUT2D eigenvalue weighted by atomic mass is 9.96. The highest BCUT2D eigenvalue weighted by molar-refractivity contribution is 5.82. The zero-order chi connectivity index (χ0) is 13.1. The Morgan fingerprint density at radius 1 is 0.944 bits per heavy atom. The first-order chi connectivity index (χ1) is 8.67. The monoisotopic (exact) mass is 240 g/mol. The number of anilines is 2. The van der Waals surface area contributed by atoms with Crippen molar-refractivity contribution < 1.29 is 0 Å². The molecule has 0 aromatic heterocycles. The summed E-state index contributed by atoms with van der Waals surface area (Å²) in [5.74, 6) is 0. The van der Waals surface area contributed by atoms with Crippen molar-refractivity contribution in [2.75, 3.05) is 11.5 Å². The Morgan fingerprint density at radius 2 is 1.72 bits per heavy atom. The SMILES string of the molecule is CCc1cccc(-c2ccc(N)c(CC)c2N)c1. The van der Waals surface area contributed by atoms with Crippen molar-refractivity contribution in [2.24, 2.45) is 0 Å². The van der Waals surface area contributed by atoms with Crippen molar-refractivity contribution in [1.82, 2.24) is 0 Å². The van der Waals surface area contributed by atoms with Crippen LogP contribution in [0, 0.1) is 0 Å². The van der Waals surface area contributed by atoms with E-state index in [0.29, 0.717) is 0 Å². The van der Waals surface area contributed by atoms with Crippen LogP contribution in [-0.2, 0) is 12.8 Å². The van der Waals surface area contributed by atoms with E-state index in [2.05, 4.69) is 38.1 Å². The molecule has 0 saturated carbocycles. The van der Waals surface area contributed by atoms with Crippen molar-refractivity contribution in [3.05, 3.63) is 47.5 Å². The lowest BCUT2D eigenvalue weighted by molar-refractivity contribution is 1.14. The van der Waals surface area contributed by atoms with E-state index in [1.165, 1.54) is 11.1 Å². The topological polar surface area (TPSA) is 52.0 Å². The van der Waals surface area contributed by atoms with E-state index in [9.17, 15) is 0 Å². The van der Waals surface area contributed by atoms with Gasteiger partial charge in [-0.15, -0.1) is 0 Å². The Kier molecular flexibility index (Phi) is 3.56. The third-order valence-corrected chi connectivity index (χ3v) is 3.39. The Bertz CT molecular complexity index is 559. The van der Waals surface area contributed by atoms with Gasteiger partial charge >= 0.3 is 0 Å². The molecule has 94 valence electrons. The van der Waals surface area contributed by atoms with Crippen LogP contribution in [0.1, 0.15) is 25.0 Å². The van der Waals surface area contributed by atoms with Gasteiger partial charge < -0.3 is 11.5 Å². The maximum atomic E-state index is 6.24. The number of aryl methyl sites for hydroxylation is 1. The highest BCUT2D eigenvalue weighted by Gasteiger charge is 2.09. The molecule has 18 heavy (non-hydrogen) atoms. The van der Waals surface area contributed by atoms with Gasteiger partial charge in [-0.2, -0.15) is 0 Å². The van der Waals surface area contributed by atoms with Gasteiger partial charge in [0, 0.05) is 16.9 Å². The van der Waals surface area contributed by atoms with Gasteiger partial charge in [-0.3, -0.25) is 0 Å². The van der Waals surface area contributed by atoms with E-state index in [1.807, 2.05) is 12.1 Å². The van der Waals surface area contributed by atoms with Crippen LogP contribution < -0.4 is 11.5 Å². The summed E-state index contributed by atoms with van der Waals surface area (Å²) in [6.45, 7) is 4.23. The van der Waals surface area contributed by atoms with Gasteiger partial charge in [0.05, 0.1) is 0 Å². The molecule has 0 atom stereocenters. The maximum absolute atomic E-state index is 6.24. The first-order valence-corrected chi connectivity index (χ1v) is 6.43. The van der Waals surface area contributed by atoms with Gasteiger partial charge in [0.15, 0.2) is 0 Å². The van der Waals surface area contributed by atoms with Crippen molar-refractivity contribution in [3.8, 4) is 11.1 Å². The number of nitrogen functional groups attached to an aromatic ring is 2. The van der Waals surface area contributed by atoms with Crippen LogP contribution >= 0.6 is 0 Å². The highest BCUT2D eigenvalue weighted by atomic mass is 14.6. The summed E-state index contributed by atoms with van der Waals surface area (Å²) in [5, 5.41) is 0. The molecule has 0 fully saturated rings. The maximum Gasteiger partial charge on any atom is 0.0446 e. The smallest absolute Gasteiger partial charge is 0.0446 e. The second-order valence-corrected chi connectivity index (χ2v) is 4.50. The normalized spacial score (nSPS) is 10.6. The molecule has 0 heterocycles. The first-order valence-electron chi connectivity index (χ1n) is 6.43. The summed E-state index contributed by atoms with van der Waals surface area (Å²) < 4.78 is 0. The fourth-order valence-corrected chi connectivity index (χ4v) is 2.29. The number of nitrogens with two attached hydrogens (primary N) is 2. The summed E-state index contributed by atoms with van der Waals surface area (Å²) in [6, 6.07) is 12.5. The van der Waals surface area contributed by atoms with Crippen LogP contribution in [-0.4, -0.2) is 0 Å². The van der Waals surface area contributed by atoms with E-state index >= 15 is 0 Å². The molecule has 2 heteroatoms. The van der Waals surface area contributed by atoms with Gasteiger partial charge in [0.25, 0.3) is 0 Å². The van der Waals surface area contributed by atoms with E-state index in [4.69, 9.17) is 11.5 Å². The minimum atomic E-state index is 0.783. The standard InChI is InChI=1S/C16H20N2/c1-3-11-6-5-7-12(10-11)14-8-9-15(17)13(4-2)16(14)18/h5-10H,3-4,17-18H2,1-2H3. The molecule has 2 nitrogen and oxygen atoms in total. The van der Waals surface area contributed by atoms with Crippen molar-refractivity contribution in [1.29, 1.82) is 0 Å². The Morgan fingerprint density at radius 3 is 2.39 bits per heavy atom. The predicted molar refractivity (Wildman–Crippen MR) is 79.5 cm³/mol. The number of hydrogen-bond acceptors (Lipinski definition) is 2. The van der Waals surface area contributed by atoms with Crippen LogP contribution in [0.2, 0.25) is 0 Å². The van der Waals surface area contributed by atoms with Gasteiger partial charge in [-0.25, -0.2) is 0 Å². The predicted octanol–water partition coefficient (Wildman–Crippen LogP) is 3.64. The lowest BCUT2D eigenvalue weighted by Crippen LogP contribution is -2.01. The fourth-order valence-electron chi connectivity index (χ4n) is 2.29. The number of rotatable bonds is 3. The van der Waals surface area contributed by atoms with Crippen molar-refractivity contribution in [3.63, 3.8) is 0 Å². The molecule has 0 unspecified atom stereocenters. The summed E-state index contributed by atoms with van der Waals surface area (Å²) in [7, 11) is 0. The van der Waals surface area contributed by atoms with E-state index in [-0.39, 0.29) is 0 Å². The molecule has 0 aliphatic carbocycles. The summed E-state index contributed by atoms with van der Waals surface area (Å²) in [4.78, 5) is 0. The molecule has 0 aliphatic rings. The number of benzene rings is 2. The molecular formula is C16H20N2. The van der Waals surface area contributed by atoms with E-state index in [1.54, 1.807) is 0 Å². The Labute approximate surface area is 109 Å². The second-order valence-electron chi connectivity index (χ2n) is 4.50. The summed E-state index contributed by atoms with van der Waals surface area (Å²) in [5.41, 5.74) is 18.4. The molecule has 2 aromatic carbocycles. The van der Waals surface area contributed by atoms with Crippen LogP contribution in [0.5, 0.6) is 0 Å². The van der Waals surface area contributed by atoms with E-state index < -0.39 is 0 Å². The highest BCUT2D eigenvalue weighted by Crippen LogP contribution is 2.32. The molecular weight excluding hydrogens is 220 g/mol. The zero-order valence-corrected chi connectivity index (χ0v) is 11.0. The third-order valence-electron chi connectivity index (χ3n) is 3.39. The summed E-state index contributed by atoms with van der Waals surface area (Å²) >= 11 is 0. The first kappa shape index (κ1) is 12.5. The Hall–Kier alpha value is -1.96. The molecule has 0 amide bonds. The summed E-state index contributed by atoms with van der Waals surface area (Å²) in [6.07, 6.45) is 1.89. The van der Waals surface area contributed by atoms with Crippen molar-refractivity contribution in [2.45, 2.75) is 26.7 Å². The third kappa shape index (κ3) is 2.19. The molecule has 0 spiro atoms. The lowest BCUT2D eigenvalue weighted by Gasteiger charge is -2.13. The molecule has 2 rings (SSSR count). The molecule has 0 aliphatic heterocycles. The van der Waals surface area contributed by atoms with Crippen molar-refractivity contribution >= 4 is 11.4 Å². The molecule has 0 bridgehead atoms. The Balaban J connectivity index is 2.57. The van der Waals surface area contributed by atoms with E-state index in [0.717, 1.165) is 35.3 Å². The van der Waals surface area contributed by atoms with Gasteiger partial charge in [0.2, 0.25) is 0 Å². The molecule has 0 radical (unpaired) electrons. The van der Waals surface area contributed by atoms with Crippen LogP contribution in [0.3, 0.4) is 0 Å². The molecule has 4 N–H and O–H groups in total. The second kappa shape index (κ2) is 5.13. The van der Waals surface area contributed by atoms with Crippen LogP contribution in [0.15, 0.2) is 36.4 Å². The van der Waals surface area contributed by atoms with Gasteiger partial charge in [0.1, 0.15) is 0 Å². The largest absolute Gasteiger partial charge is 0.398 e.